The van der Waals surface area contributed by atoms with E-state index in [1.807, 2.05) is 25.1 Å². The lowest BCUT2D eigenvalue weighted by Crippen LogP contribution is -2.25. The van der Waals surface area contributed by atoms with Crippen molar-refractivity contribution in [2.24, 2.45) is 0 Å². The molecule has 2 aromatic heterocycles. The van der Waals surface area contributed by atoms with Gasteiger partial charge in [0, 0.05) is 15.5 Å². The summed E-state index contributed by atoms with van der Waals surface area (Å²) in [5.41, 5.74) is 1.51. The predicted molar refractivity (Wildman–Crippen MR) is 101 cm³/mol. The highest BCUT2D eigenvalue weighted by molar-refractivity contribution is 7.91. The van der Waals surface area contributed by atoms with E-state index >= 15 is 0 Å². The summed E-state index contributed by atoms with van der Waals surface area (Å²) >= 11 is 7.57. The molecule has 3 aromatic rings. The third-order valence-electron chi connectivity index (χ3n) is 4.53. The second-order valence-corrected chi connectivity index (χ2v) is 10.1. The van der Waals surface area contributed by atoms with Crippen LogP contribution in [0.25, 0.3) is 21.3 Å². The smallest absolute Gasteiger partial charge is 0.262 e. The lowest BCUT2D eigenvalue weighted by molar-refractivity contribution is 0.534. The molecule has 0 amide bonds. The lowest BCUT2D eigenvalue weighted by Gasteiger charge is -2.12. The fraction of sp³-hybridized carbons (Fsp3) is 0.294. The van der Waals surface area contributed by atoms with Gasteiger partial charge in [-0.15, -0.1) is 11.3 Å². The van der Waals surface area contributed by atoms with E-state index in [0.29, 0.717) is 21.7 Å². The number of hydrogen-bond acceptors (Lipinski definition) is 5. The largest absolute Gasteiger partial charge is 0.294 e. The molecule has 1 aromatic carbocycles. The number of rotatable bonds is 2. The van der Waals surface area contributed by atoms with Gasteiger partial charge in [0.1, 0.15) is 4.83 Å². The van der Waals surface area contributed by atoms with Crippen LogP contribution in [0, 0.1) is 6.92 Å². The summed E-state index contributed by atoms with van der Waals surface area (Å²) in [6, 6.07) is 7.03. The monoisotopic (exact) mass is 394 g/mol. The Morgan fingerprint density at radius 1 is 1.36 bits per heavy atom. The van der Waals surface area contributed by atoms with Crippen molar-refractivity contribution in [3.05, 3.63) is 50.8 Å². The first kappa shape index (κ1) is 16.8. The fourth-order valence-electron chi connectivity index (χ4n) is 3.36. The van der Waals surface area contributed by atoms with E-state index in [9.17, 15) is 13.2 Å². The second kappa shape index (κ2) is 5.93. The molecule has 1 aliphatic heterocycles. The molecule has 5 nitrogen and oxygen atoms in total. The predicted octanol–water partition coefficient (Wildman–Crippen LogP) is 3.45. The SMILES string of the molecule is Cc1sc2ncn([C@H]3CCS(=O)(=O)C3)c(=O)c2c1-c1cccc(Cl)c1. The molecular formula is C17H15ClN2O3S2. The van der Waals surface area contributed by atoms with Crippen LogP contribution in [0.2, 0.25) is 5.02 Å². The van der Waals surface area contributed by atoms with Crippen LogP contribution in [0.3, 0.4) is 0 Å². The first-order valence-electron chi connectivity index (χ1n) is 7.82. The lowest BCUT2D eigenvalue weighted by atomic mass is 10.0. The van der Waals surface area contributed by atoms with Gasteiger partial charge in [-0.1, -0.05) is 23.7 Å². The van der Waals surface area contributed by atoms with Gasteiger partial charge < -0.3 is 0 Å². The van der Waals surface area contributed by atoms with Gasteiger partial charge in [0.25, 0.3) is 5.56 Å². The van der Waals surface area contributed by atoms with Crippen molar-refractivity contribution in [3.63, 3.8) is 0 Å². The minimum absolute atomic E-state index is 0.00425. The molecule has 1 saturated heterocycles. The highest BCUT2D eigenvalue weighted by atomic mass is 35.5. The molecule has 1 atom stereocenters. The summed E-state index contributed by atoms with van der Waals surface area (Å²) in [7, 11) is -3.08. The summed E-state index contributed by atoms with van der Waals surface area (Å²) in [6.07, 6.45) is 1.93. The molecule has 0 bridgehead atoms. The van der Waals surface area contributed by atoms with Crippen molar-refractivity contribution < 1.29 is 8.42 Å². The Hall–Kier alpha value is -1.70. The van der Waals surface area contributed by atoms with Gasteiger partial charge in [-0.25, -0.2) is 13.4 Å². The minimum atomic E-state index is -3.08. The van der Waals surface area contributed by atoms with Crippen molar-refractivity contribution in [3.8, 4) is 11.1 Å². The topological polar surface area (TPSA) is 69.0 Å². The van der Waals surface area contributed by atoms with Gasteiger partial charge in [0.2, 0.25) is 0 Å². The van der Waals surface area contributed by atoms with Gasteiger partial charge in [0.15, 0.2) is 9.84 Å². The summed E-state index contributed by atoms with van der Waals surface area (Å²) in [6.45, 7) is 1.95. The zero-order chi connectivity index (χ0) is 17.8. The molecule has 8 heteroatoms. The highest BCUT2D eigenvalue weighted by Gasteiger charge is 2.30. The molecule has 3 heterocycles. The molecule has 1 aliphatic rings. The Kier molecular flexibility index (Phi) is 3.97. The third kappa shape index (κ3) is 2.90. The van der Waals surface area contributed by atoms with Crippen LogP contribution in [-0.4, -0.2) is 29.5 Å². The van der Waals surface area contributed by atoms with Crippen molar-refractivity contribution in [1.29, 1.82) is 0 Å². The molecule has 1 fully saturated rings. The second-order valence-electron chi connectivity index (χ2n) is 6.24. The average molecular weight is 395 g/mol. The Labute approximate surface area is 153 Å². The van der Waals surface area contributed by atoms with Gasteiger partial charge in [-0.3, -0.25) is 9.36 Å². The maximum absolute atomic E-state index is 13.1. The van der Waals surface area contributed by atoms with Gasteiger partial charge in [0.05, 0.1) is 29.3 Å². The summed E-state index contributed by atoms with van der Waals surface area (Å²) in [5.74, 6) is 0.113. The normalized spacial score (nSPS) is 19.5. The van der Waals surface area contributed by atoms with E-state index in [1.54, 1.807) is 6.07 Å². The number of benzene rings is 1. The van der Waals surface area contributed by atoms with Gasteiger partial charge in [-0.2, -0.15) is 0 Å². The van der Waals surface area contributed by atoms with Crippen LogP contribution >= 0.6 is 22.9 Å². The Bertz CT molecular complexity index is 1150. The zero-order valence-electron chi connectivity index (χ0n) is 13.4. The van der Waals surface area contributed by atoms with Crippen molar-refractivity contribution in [2.45, 2.75) is 19.4 Å². The van der Waals surface area contributed by atoms with Crippen LogP contribution in [0.4, 0.5) is 0 Å². The molecule has 0 N–H and O–H groups in total. The molecule has 0 aliphatic carbocycles. The molecule has 0 radical (unpaired) electrons. The highest BCUT2D eigenvalue weighted by Crippen LogP contribution is 2.36. The van der Waals surface area contributed by atoms with E-state index in [-0.39, 0.29) is 23.1 Å². The zero-order valence-corrected chi connectivity index (χ0v) is 15.8. The fourth-order valence-corrected chi connectivity index (χ4v) is 6.27. The van der Waals surface area contributed by atoms with Crippen molar-refractivity contribution in [2.75, 3.05) is 11.5 Å². The van der Waals surface area contributed by atoms with Crippen LogP contribution in [-0.2, 0) is 9.84 Å². The minimum Gasteiger partial charge on any atom is -0.294 e. The number of halogens is 1. The standard InChI is InChI=1S/C17H15ClN2O3S2/c1-10-14(11-3-2-4-12(18)7-11)15-16(24-10)19-9-20(17(15)21)13-5-6-25(22,23)8-13/h2-4,7,9,13H,5-6,8H2,1H3/t13-/m0/s1. The summed E-state index contributed by atoms with van der Waals surface area (Å²) in [4.78, 5) is 19.2. The number of hydrogen-bond donors (Lipinski definition) is 0. The number of thiophene rings is 1. The molecule has 25 heavy (non-hydrogen) atoms. The van der Waals surface area contributed by atoms with E-state index < -0.39 is 9.84 Å². The molecule has 0 unspecified atom stereocenters. The van der Waals surface area contributed by atoms with E-state index in [0.717, 1.165) is 16.0 Å². The summed E-state index contributed by atoms with van der Waals surface area (Å²) in [5, 5.41) is 1.14. The van der Waals surface area contributed by atoms with Crippen molar-refractivity contribution >= 4 is 43.0 Å². The quantitative estimate of drug-likeness (QED) is 0.667. The third-order valence-corrected chi connectivity index (χ3v) is 7.53. The molecular weight excluding hydrogens is 380 g/mol. The van der Waals surface area contributed by atoms with Crippen LogP contribution in [0.5, 0.6) is 0 Å². The first-order chi connectivity index (χ1) is 11.9. The Morgan fingerprint density at radius 2 is 2.16 bits per heavy atom. The van der Waals surface area contributed by atoms with E-state index in [2.05, 4.69) is 4.98 Å². The molecule has 0 spiro atoms. The average Bonchev–Trinajstić information content (AvgIpc) is 3.07. The van der Waals surface area contributed by atoms with Crippen LogP contribution in [0.1, 0.15) is 17.3 Å². The van der Waals surface area contributed by atoms with Crippen molar-refractivity contribution in [1.82, 2.24) is 9.55 Å². The Morgan fingerprint density at radius 3 is 2.84 bits per heavy atom. The molecule has 4 rings (SSSR count). The van der Waals surface area contributed by atoms with Gasteiger partial charge >= 0.3 is 0 Å². The maximum atomic E-state index is 13.1. The van der Waals surface area contributed by atoms with Crippen LogP contribution < -0.4 is 5.56 Å². The number of sulfone groups is 1. The number of nitrogens with zero attached hydrogens (tertiary/aromatic N) is 2. The maximum Gasteiger partial charge on any atom is 0.262 e. The first-order valence-corrected chi connectivity index (χ1v) is 10.8. The van der Waals surface area contributed by atoms with Gasteiger partial charge in [-0.05, 0) is 31.0 Å². The molecule has 0 saturated carbocycles. The Balaban J connectivity index is 1.95. The summed E-state index contributed by atoms with van der Waals surface area (Å²) < 4.78 is 25.0. The number of aryl methyl sites for hydroxylation is 1. The molecule has 130 valence electrons. The number of fused-ring (bicyclic) bond motifs is 1. The van der Waals surface area contributed by atoms with Crippen LogP contribution in [0.15, 0.2) is 35.4 Å². The van der Waals surface area contributed by atoms with E-state index in [4.69, 9.17) is 11.6 Å². The number of aromatic nitrogens is 2. The van der Waals surface area contributed by atoms with E-state index in [1.165, 1.54) is 22.2 Å².